The summed E-state index contributed by atoms with van der Waals surface area (Å²) in [6.45, 7) is 16.3. The fourth-order valence-corrected chi connectivity index (χ4v) is 10.3. The number of rotatable bonds is 5. The molecule has 14 heteroatoms. The van der Waals surface area contributed by atoms with Crippen molar-refractivity contribution in [3.8, 4) is 0 Å². The van der Waals surface area contributed by atoms with Crippen molar-refractivity contribution in [3.05, 3.63) is 42.1 Å². The number of benzene rings is 1. The van der Waals surface area contributed by atoms with Gasteiger partial charge in [-0.3, -0.25) is 14.6 Å². The molecule has 3 N–H and O–H groups in total. The number of likely N-dealkylation sites (N-methyl/N-ethyl adjacent to an activating group) is 2. The third-order valence-corrected chi connectivity index (χ3v) is 13.8. The molecule has 5 heterocycles. The van der Waals surface area contributed by atoms with Gasteiger partial charge in [0.05, 0.1) is 40.9 Å². The first-order valence-electron chi connectivity index (χ1n) is 21.7. The Kier molecular flexibility index (Phi) is 13.9. The number of carbonyl (C=O) groups excluding carboxylic acids is 2. The van der Waals surface area contributed by atoms with Crippen LogP contribution in [0.3, 0.4) is 0 Å². The van der Waals surface area contributed by atoms with Crippen LogP contribution in [-0.2, 0) is 28.5 Å². The minimum absolute atomic E-state index is 0.0355. The zero-order chi connectivity index (χ0) is 43.2. The molecule has 4 aliphatic rings. The highest BCUT2D eigenvalue weighted by molar-refractivity contribution is 5.97. The van der Waals surface area contributed by atoms with Gasteiger partial charge in [-0.25, -0.2) is 0 Å². The van der Waals surface area contributed by atoms with Crippen LogP contribution in [0, 0.1) is 17.8 Å². The Balaban J connectivity index is 1.40. The Morgan fingerprint density at radius 3 is 2.41 bits per heavy atom. The number of piperidine rings is 1. The maximum absolute atomic E-state index is 14.4. The molecular weight excluding hydrogens is 757 g/mol. The predicted octanol–water partition coefficient (Wildman–Crippen LogP) is 4.22. The smallest absolute Gasteiger partial charge is 0.311 e. The Labute approximate surface area is 350 Å². The van der Waals surface area contributed by atoms with E-state index in [9.17, 15) is 24.9 Å². The summed E-state index contributed by atoms with van der Waals surface area (Å²) in [4.78, 5) is 38.7. The van der Waals surface area contributed by atoms with E-state index in [1.807, 2.05) is 95.9 Å². The first-order valence-corrected chi connectivity index (χ1v) is 21.7. The fourth-order valence-electron chi connectivity index (χ4n) is 10.3. The van der Waals surface area contributed by atoms with Crippen molar-refractivity contribution in [2.45, 2.75) is 159 Å². The zero-order valence-corrected chi connectivity index (χ0v) is 37.0. The summed E-state index contributed by atoms with van der Waals surface area (Å²) in [5, 5.41) is 36.0. The minimum Gasteiger partial charge on any atom is -0.459 e. The van der Waals surface area contributed by atoms with Crippen molar-refractivity contribution in [1.29, 1.82) is 0 Å². The van der Waals surface area contributed by atoms with Crippen LogP contribution in [0.4, 0.5) is 0 Å². The molecule has 1 spiro atoms. The van der Waals surface area contributed by atoms with Crippen LogP contribution in [0.5, 0.6) is 0 Å². The number of amides is 1. The van der Waals surface area contributed by atoms with Gasteiger partial charge in [0.25, 0.3) is 5.91 Å². The standard InChI is InChI=1S/C45H70N4O10/c1-12-35-44(8,54)38(51)30(6)48(11)25-26(2)23-43(7)39(57-42-36(50)34(47(9)10)21-27(3)55-42)28(4)37(29(5)41(53)56-35)58-45(59-43)17-19-49(20-18-45)40(52)32-22-31-15-13-14-16-33(31)46-24-32/h13-16,22,24,26-30,34-39,42,50-51,54H,12,17-21,23,25H2,1-11H3/t26-,27-,28+,29-,30-,34+,35-,36-,37+,38-,39-,42+,43-,44-/m1/s1. The van der Waals surface area contributed by atoms with E-state index in [2.05, 4.69) is 11.9 Å². The molecule has 6 rings (SSSR count). The van der Waals surface area contributed by atoms with Crippen LogP contribution >= 0.6 is 0 Å². The lowest BCUT2D eigenvalue weighted by Crippen LogP contribution is -2.60. The van der Waals surface area contributed by atoms with Gasteiger partial charge in [-0.05, 0) is 93.1 Å². The SMILES string of the molecule is CC[C@H]1OC(=O)[C@H](C)[C@H]2OC3(CCN(C(=O)c4cnc5ccccc5c4)CC3)O[C@](C)(C[C@@H](C)CN(C)[C@H](C)[C@@H](O)[C@]1(C)O)[C@H](O[C@@H]1O[C@H](C)C[C@H](N(C)C)[C@H]1O)[C@H]2C. The molecule has 14 nitrogen and oxygen atoms in total. The number of para-hydroxylation sites is 1. The van der Waals surface area contributed by atoms with Gasteiger partial charge in [0, 0.05) is 62.1 Å². The summed E-state index contributed by atoms with van der Waals surface area (Å²) >= 11 is 0. The van der Waals surface area contributed by atoms with Gasteiger partial charge >= 0.3 is 5.97 Å². The molecular formula is C45H70N4O10. The Bertz CT molecular complexity index is 1770. The van der Waals surface area contributed by atoms with E-state index in [-0.39, 0.29) is 30.4 Å². The van der Waals surface area contributed by atoms with Gasteiger partial charge < -0.3 is 53.7 Å². The second-order valence-corrected chi connectivity index (χ2v) is 18.9. The summed E-state index contributed by atoms with van der Waals surface area (Å²) < 4.78 is 34.2. The van der Waals surface area contributed by atoms with Crippen molar-refractivity contribution in [1.82, 2.24) is 19.7 Å². The van der Waals surface area contributed by atoms with Crippen molar-refractivity contribution in [2.75, 3.05) is 40.8 Å². The van der Waals surface area contributed by atoms with Crippen LogP contribution < -0.4 is 0 Å². The Morgan fingerprint density at radius 1 is 1.07 bits per heavy atom. The predicted molar refractivity (Wildman–Crippen MR) is 222 cm³/mol. The van der Waals surface area contributed by atoms with Crippen LogP contribution in [0.15, 0.2) is 36.5 Å². The minimum atomic E-state index is -1.75. The Morgan fingerprint density at radius 2 is 1.75 bits per heavy atom. The number of esters is 1. The van der Waals surface area contributed by atoms with Gasteiger partial charge in [-0.15, -0.1) is 0 Å². The van der Waals surface area contributed by atoms with E-state index >= 15 is 0 Å². The number of likely N-dealkylation sites (tertiary alicyclic amines) is 1. The number of fused-ring (bicyclic) bond motifs is 4. The quantitative estimate of drug-likeness (QED) is 0.368. The van der Waals surface area contributed by atoms with E-state index in [0.29, 0.717) is 50.9 Å². The second-order valence-electron chi connectivity index (χ2n) is 18.9. The molecule has 4 saturated heterocycles. The third kappa shape index (κ3) is 9.36. The number of nitrogens with zero attached hydrogens (tertiary/aromatic N) is 4. The maximum Gasteiger partial charge on any atom is 0.311 e. The lowest BCUT2D eigenvalue weighted by atomic mass is 9.78. The van der Waals surface area contributed by atoms with Crippen molar-refractivity contribution in [3.63, 3.8) is 0 Å². The van der Waals surface area contributed by atoms with Gasteiger partial charge in [0.15, 0.2) is 12.1 Å². The lowest BCUT2D eigenvalue weighted by Gasteiger charge is -2.49. The van der Waals surface area contributed by atoms with Crippen LogP contribution in [0.1, 0.15) is 97.9 Å². The Hall–Kier alpha value is -2.79. The highest BCUT2D eigenvalue weighted by atomic mass is 16.7. The van der Waals surface area contributed by atoms with E-state index in [4.69, 9.17) is 23.7 Å². The number of pyridine rings is 1. The van der Waals surface area contributed by atoms with Gasteiger partial charge in [0.1, 0.15) is 23.9 Å². The largest absolute Gasteiger partial charge is 0.459 e. The number of hydrogen-bond donors (Lipinski definition) is 3. The monoisotopic (exact) mass is 827 g/mol. The van der Waals surface area contributed by atoms with Crippen molar-refractivity contribution < 1.29 is 48.6 Å². The topological polar surface area (TPSA) is 164 Å². The molecule has 4 aliphatic heterocycles. The molecule has 0 saturated carbocycles. The average Bonchev–Trinajstić information content (AvgIpc) is 3.27. The number of carbonyl (C=O) groups is 2. The summed E-state index contributed by atoms with van der Waals surface area (Å²) in [7, 11) is 5.78. The number of aliphatic hydroxyl groups is 3. The number of aliphatic hydroxyl groups excluding tert-OH is 2. The number of ether oxygens (including phenoxy) is 5. The number of hydrogen-bond acceptors (Lipinski definition) is 13. The van der Waals surface area contributed by atoms with Crippen LogP contribution in [0.25, 0.3) is 10.9 Å². The summed E-state index contributed by atoms with van der Waals surface area (Å²) in [6.07, 6.45) is -2.34. The molecule has 4 fully saturated rings. The molecule has 0 unspecified atom stereocenters. The van der Waals surface area contributed by atoms with Crippen molar-refractivity contribution in [2.24, 2.45) is 17.8 Å². The molecule has 1 aromatic carbocycles. The third-order valence-electron chi connectivity index (χ3n) is 13.8. The number of cyclic esters (lactones) is 1. The first kappa shape index (κ1) is 45.7. The summed E-state index contributed by atoms with van der Waals surface area (Å²) in [5.41, 5.74) is -1.50. The van der Waals surface area contributed by atoms with Crippen LogP contribution in [0.2, 0.25) is 0 Å². The van der Waals surface area contributed by atoms with Gasteiger partial charge in [-0.1, -0.05) is 39.0 Å². The van der Waals surface area contributed by atoms with Gasteiger partial charge in [-0.2, -0.15) is 0 Å². The van der Waals surface area contributed by atoms with E-state index in [0.717, 1.165) is 10.9 Å². The molecule has 0 radical (unpaired) electrons. The molecule has 1 amide bonds. The molecule has 2 bridgehead atoms. The second kappa shape index (κ2) is 17.9. The van der Waals surface area contributed by atoms with E-state index in [1.54, 1.807) is 18.0 Å². The molecule has 14 atom stereocenters. The normalized spacial score (nSPS) is 40.4. The average molecular weight is 827 g/mol. The molecule has 1 aromatic heterocycles. The molecule has 330 valence electrons. The lowest BCUT2D eigenvalue weighted by molar-refractivity contribution is -0.331. The summed E-state index contributed by atoms with van der Waals surface area (Å²) in [5.74, 6) is -3.37. The highest BCUT2D eigenvalue weighted by Crippen LogP contribution is 2.48. The molecule has 0 aliphatic carbocycles. The van der Waals surface area contributed by atoms with E-state index < -0.39 is 77.6 Å². The zero-order valence-electron chi connectivity index (χ0n) is 37.0. The highest BCUT2D eigenvalue weighted by Gasteiger charge is 2.58. The van der Waals surface area contributed by atoms with Crippen LogP contribution in [-0.4, -0.2) is 160 Å². The van der Waals surface area contributed by atoms with Crippen molar-refractivity contribution >= 4 is 22.8 Å². The first-order chi connectivity index (χ1) is 27.7. The van der Waals surface area contributed by atoms with Gasteiger partial charge in [0.2, 0.25) is 0 Å². The summed E-state index contributed by atoms with van der Waals surface area (Å²) in [6, 6.07) is 8.86. The number of aromatic nitrogens is 1. The molecule has 2 aromatic rings. The molecule has 59 heavy (non-hydrogen) atoms. The van der Waals surface area contributed by atoms with E-state index in [1.165, 1.54) is 6.92 Å². The maximum atomic E-state index is 14.4. The fraction of sp³-hybridized carbons (Fsp3) is 0.756.